The van der Waals surface area contributed by atoms with E-state index in [2.05, 4.69) is 4.99 Å². The highest BCUT2D eigenvalue weighted by molar-refractivity contribution is 6.35. The van der Waals surface area contributed by atoms with Crippen LogP contribution in [-0.2, 0) is 9.53 Å². The van der Waals surface area contributed by atoms with E-state index in [9.17, 15) is 4.79 Å². The average Bonchev–Trinajstić information content (AvgIpc) is 3.16. The van der Waals surface area contributed by atoms with E-state index in [4.69, 9.17) is 37.4 Å². The maximum Gasteiger partial charge on any atom is 0.363 e. The Bertz CT molecular complexity index is 921. The first-order chi connectivity index (χ1) is 11.6. The van der Waals surface area contributed by atoms with Gasteiger partial charge >= 0.3 is 5.97 Å². The second-order valence-electron chi connectivity index (χ2n) is 5.07. The van der Waals surface area contributed by atoms with Gasteiger partial charge in [-0.15, -0.1) is 0 Å². The Labute approximate surface area is 147 Å². The molecule has 2 aromatic carbocycles. The molecule has 2 heterocycles. The molecule has 120 valence electrons. The van der Waals surface area contributed by atoms with Gasteiger partial charge in [-0.05, 0) is 42.0 Å². The molecule has 0 saturated carbocycles. The number of benzene rings is 2. The average molecular weight is 362 g/mol. The highest BCUT2D eigenvalue weighted by Gasteiger charge is 2.26. The molecule has 0 fully saturated rings. The fourth-order valence-corrected chi connectivity index (χ4v) is 2.79. The van der Waals surface area contributed by atoms with Crippen LogP contribution in [0.15, 0.2) is 47.1 Å². The summed E-state index contributed by atoms with van der Waals surface area (Å²) in [4.78, 5) is 16.3. The minimum absolute atomic E-state index is 0.159. The molecule has 4 rings (SSSR count). The molecule has 0 spiro atoms. The second kappa shape index (κ2) is 5.85. The lowest BCUT2D eigenvalue weighted by Gasteiger charge is -2.01. The zero-order valence-corrected chi connectivity index (χ0v) is 13.6. The number of carbonyl (C=O) groups is 1. The summed E-state index contributed by atoms with van der Waals surface area (Å²) in [6.45, 7) is 0.172. The Morgan fingerprint density at radius 3 is 2.71 bits per heavy atom. The van der Waals surface area contributed by atoms with Crippen LogP contribution in [0.2, 0.25) is 10.0 Å². The monoisotopic (exact) mass is 361 g/mol. The van der Waals surface area contributed by atoms with Gasteiger partial charge in [0.05, 0.1) is 0 Å². The zero-order valence-electron chi connectivity index (χ0n) is 12.1. The van der Waals surface area contributed by atoms with E-state index in [0.717, 1.165) is 0 Å². The van der Waals surface area contributed by atoms with Crippen molar-refractivity contribution in [3.05, 3.63) is 63.3 Å². The zero-order chi connectivity index (χ0) is 16.7. The number of hydrogen-bond acceptors (Lipinski definition) is 5. The molecule has 0 unspecified atom stereocenters. The van der Waals surface area contributed by atoms with Crippen LogP contribution in [0.5, 0.6) is 11.5 Å². The van der Waals surface area contributed by atoms with E-state index in [0.29, 0.717) is 32.7 Å². The molecule has 0 bridgehead atoms. The minimum Gasteiger partial charge on any atom is -0.454 e. The summed E-state index contributed by atoms with van der Waals surface area (Å²) in [5, 5.41) is 0.940. The van der Waals surface area contributed by atoms with Gasteiger partial charge < -0.3 is 14.2 Å². The molecule has 2 aliphatic heterocycles. The third-order valence-corrected chi connectivity index (χ3v) is 4.06. The van der Waals surface area contributed by atoms with Gasteiger partial charge in [-0.25, -0.2) is 9.79 Å². The molecule has 7 heteroatoms. The lowest BCUT2D eigenvalue weighted by molar-refractivity contribution is -0.129. The van der Waals surface area contributed by atoms with Crippen molar-refractivity contribution in [2.24, 2.45) is 4.99 Å². The summed E-state index contributed by atoms with van der Waals surface area (Å²) in [7, 11) is 0. The Hall–Kier alpha value is -2.50. The van der Waals surface area contributed by atoms with Crippen LogP contribution < -0.4 is 9.47 Å². The SMILES string of the molecule is O=C1OC(c2ccc3c(c2)OCO3)=N/C1=C/c1ccc(Cl)cc1Cl. The van der Waals surface area contributed by atoms with Gasteiger partial charge in [0.2, 0.25) is 12.7 Å². The van der Waals surface area contributed by atoms with Gasteiger partial charge in [0.1, 0.15) is 0 Å². The standard InChI is InChI=1S/C17H9Cl2NO4/c18-11-3-1-9(12(19)7-11)5-13-17(21)24-16(20-13)10-2-4-14-15(6-10)23-8-22-14/h1-7H,8H2/b13-5+. The Kier molecular flexibility index (Phi) is 3.67. The minimum atomic E-state index is -0.548. The third-order valence-electron chi connectivity index (χ3n) is 3.49. The van der Waals surface area contributed by atoms with Crippen LogP contribution in [0, 0.1) is 0 Å². The van der Waals surface area contributed by atoms with Crippen molar-refractivity contribution >= 4 is 41.1 Å². The van der Waals surface area contributed by atoms with E-state index < -0.39 is 5.97 Å². The predicted molar refractivity (Wildman–Crippen MR) is 89.6 cm³/mol. The molecule has 0 saturated heterocycles. The van der Waals surface area contributed by atoms with Crippen LogP contribution in [0.1, 0.15) is 11.1 Å². The molecule has 0 aliphatic carbocycles. The van der Waals surface area contributed by atoms with E-state index in [1.165, 1.54) is 0 Å². The Balaban J connectivity index is 1.68. The highest BCUT2D eigenvalue weighted by Crippen LogP contribution is 2.33. The molecule has 2 aliphatic rings. The van der Waals surface area contributed by atoms with E-state index in [1.807, 2.05) is 0 Å². The Morgan fingerprint density at radius 1 is 1.04 bits per heavy atom. The second-order valence-corrected chi connectivity index (χ2v) is 5.91. The van der Waals surface area contributed by atoms with Crippen molar-refractivity contribution in [3.63, 3.8) is 0 Å². The van der Waals surface area contributed by atoms with E-state index >= 15 is 0 Å². The summed E-state index contributed by atoms with van der Waals surface area (Å²) in [5.74, 6) is 0.889. The van der Waals surface area contributed by atoms with E-state index in [1.54, 1.807) is 42.5 Å². The molecule has 0 amide bonds. The number of hydrogen-bond donors (Lipinski definition) is 0. The van der Waals surface area contributed by atoms with Crippen LogP contribution in [-0.4, -0.2) is 18.7 Å². The molecular formula is C17H9Cl2NO4. The number of ether oxygens (including phenoxy) is 3. The molecule has 0 N–H and O–H groups in total. The topological polar surface area (TPSA) is 57.1 Å². The van der Waals surface area contributed by atoms with Crippen molar-refractivity contribution in [2.75, 3.05) is 6.79 Å². The lowest BCUT2D eigenvalue weighted by atomic mass is 10.2. The summed E-state index contributed by atoms with van der Waals surface area (Å²) in [6, 6.07) is 10.2. The summed E-state index contributed by atoms with van der Waals surface area (Å²) in [5.41, 5.74) is 1.41. The van der Waals surface area contributed by atoms with Crippen molar-refractivity contribution < 1.29 is 19.0 Å². The number of cyclic esters (lactones) is 1. The van der Waals surface area contributed by atoms with Crippen LogP contribution in [0.4, 0.5) is 0 Å². The quantitative estimate of drug-likeness (QED) is 0.597. The molecule has 2 aromatic rings. The van der Waals surface area contributed by atoms with Crippen LogP contribution >= 0.6 is 23.2 Å². The molecule has 0 radical (unpaired) electrons. The third kappa shape index (κ3) is 2.72. The first-order valence-corrected chi connectivity index (χ1v) is 7.73. The Morgan fingerprint density at radius 2 is 1.88 bits per heavy atom. The van der Waals surface area contributed by atoms with Gasteiger partial charge in [0, 0.05) is 15.6 Å². The fraction of sp³-hybridized carbons (Fsp3) is 0.0588. The molecule has 5 nitrogen and oxygen atoms in total. The smallest absolute Gasteiger partial charge is 0.363 e. The first-order valence-electron chi connectivity index (χ1n) is 6.98. The normalized spacial score (nSPS) is 17.2. The number of esters is 1. The van der Waals surface area contributed by atoms with Crippen LogP contribution in [0.3, 0.4) is 0 Å². The number of aliphatic imine (C=N–C) groups is 1. The van der Waals surface area contributed by atoms with Crippen molar-refractivity contribution in [1.82, 2.24) is 0 Å². The molecule has 0 atom stereocenters. The van der Waals surface area contributed by atoms with E-state index in [-0.39, 0.29) is 18.4 Å². The summed E-state index contributed by atoms with van der Waals surface area (Å²) < 4.78 is 15.8. The van der Waals surface area contributed by atoms with Crippen molar-refractivity contribution in [3.8, 4) is 11.5 Å². The summed E-state index contributed by atoms with van der Waals surface area (Å²) in [6.07, 6.45) is 1.56. The maximum absolute atomic E-state index is 12.0. The van der Waals surface area contributed by atoms with Crippen molar-refractivity contribution in [2.45, 2.75) is 0 Å². The van der Waals surface area contributed by atoms with Crippen molar-refractivity contribution in [1.29, 1.82) is 0 Å². The van der Waals surface area contributed by atoms with Gasteiger partial charge in [-0.1, -0.05) is 29.3 Å². The van der Waals surface area contributed by atoms with Gasteiger partial charge in [-0.3, -0.25) is 0 Å². The number of nitrogens with zero attached hydrogens (tertiary/aromatic N) is 1. The number of rotatable bonds is 2. The van der Waals surface area contributed by atoms with Gasteiger partial charge in [0.25, 0.3) is 0 Å². The highest BCUT2D eigenvalue weighted by atomic mass is 35.5. The molecular weight excluding hydrogens is 353 g/mol. The molecule has 24 heavy (non-hydrogen) atoms. The van der Waals surface area contributed by atoms with Gasteiger partial charge in [-0.2, -0.15) is 0 Å². The first kappa shape index (κ1) is 15.1. The summed E-state index contributed by atoms with van der Waals surface area (Å²) >= 11 is 12.0. The number of carbonyl (C=O) groups excluding carboxylic acids is 1. The number of fused-ring (bicyclic) bond motifs is 1. The lowest BCUT2D eigenvalue weighted by Crippen LogP contribution is -2.05. The molecule has 0 aromatic heterocycles. The maximum atomic E-state index is 12.0. The van der Waals surface area contributed by atoms with Crippen LogP contribution in [0.25, 0.3) is 6.08 Å². The largest absolute Gasteiger partial charge is 0.454 e. The number of halogens is 2. The van der Waals surface area contributed by atoms with Gasteiger partial charge in [0.15, 0.2) is 17.2 Å². The fourth-order valence-electron chi connectivity index (χ4n) is 2.33. The predicted octanol–water partition coefficient (Wildman–Crippen LogP) is 4.07.